The minimum atomic E-state index is -3.87. The van der Waals surface area contributed by atoms with Crippen molar-refractivity contribution in [3.8, 4) is 0 Å². The van der Waals surface area contributed by atoms with E-state index in [0.717, 1.165) is 22.5 Å². The fourth-order valence-electron chi connectivity index (χ4n) is 2.55. The summed E-state index contributed by atoms with van der Waals surface area (Å²) in [6.07, 6.45) is 0.582. The van der Waals surface area contributed by atoms with E-state index in [4.69, 9.17) is 0 Å². The van der Waals surface area contributed by atoms with Gasteiger partial charge in [-0.25, -0.2) is 13.1 Å². The summed E-state index contributed by atoms with van der Waals surface area (Å²) in [6.45, 7) is 3.88. The first kappa shape index (κ1) is 20.1. The highest BCUT2D eigenvalue weighted by molar-refractivity contribution is 7.91. The lowest BCUT2D eigenvalue weighted by atomic mass is 10.0. The van der Waals surface area contributed by atoms with Crippen LogP contribution < -0.4 is 10.0 Å². The van der Waals surface area contributed by atoms with Gasteiger partial charge in [-0.15, -0.1) is 10.2 Å². The van der Waals surface area contributed by atoms with Crippen LogP contribution in [0, 0.1) is 6.92 Å². The maximum atomic E-state index is 12.7. The van der Waals surface area contributed by atoms with Crippen LogP contribution in [-0.2, 0) is 10.0 Å². The normalized spacial score (nSPS) is 12.5. The number of benzene rings is 2. The Morgan fingerprint density at radius 2 is 1.75 bits per heavy atom. The number of carbonyl (C=O) groups excluding carboxylic acids is 1. The smallest absolute Gasteiger partial charge is 0.270 e. The number of nitrogens with zero attached hydrogens (tertiary/aromatic N) is 2. The topological polar surface area (TPSA) is 101 Å². The first-order chi connectivity index (χ1) is 13.4. The first-order valence-electron chi connectivity index (χ1n) is 8.68. The second kappa shape index (κ2) is 8.59. The molecule has 0 spiro atoms. The summed E-state index contributed by atoms with van der Waals surface area (Å²) in [5.41, 5.74) is 2.42. The van der Waals surface area contributed by atoms with E-state index in [0.29, 0.717) is 12.0 Å². The van der Waals surface area contributed by atoms with Gasteiger partial charge in [-0.05, 0) is 31.0 Å². The van der Waals surface area contributed by atoms with E-state index in [2.05, 4.69) is 20.2 Å². The number of aryl methyl sites for hydroxylation is 1. The summed E-state index contributed by atoms with van der Waals surface area (Å²) in [7, 11) is -3.87. The van der Waals surface area contributed by atoms with Crippen molar-refractivity contribution in [3.63, 3.8) is 0 Å². The summed E-state index contributed by atoms with van der Waals surface area (Å²) in [4.78, 5) is 12.2. The largest absolute Gasteiger partial charge is 0.296 e. The number of aromatic nitrogens is 2. The van der Waals surface area contributed by atoms with E-state index in [1.54, 1.807) is 30.3 Å². The van der Waals surface area contributed by atoms with E-state index in [-0.39, 0.29) is 21.4 Å². The van der Waals surface area contributed by atoms with Crippen molar-refractivity contribution in [2.45, 2.75) is 30.6 Å². The van der Waals surface area contributed by atoms with Gasteiger partial charge in [0.1, 0.15) is 0 Å². The Morgan fingerprint density at radius 1 is 1.07 bits per heavy atom. The number of nitrogens with one attached hydrogen (secondary N) is 2. The molecule has 0 aliphatic carbocycles. The molecule has 3 rings (SSSR count). The van der Waals surface area contributed by atoms with Gasteiger partial charge in [0, 0.05) is 11.6 Å². The number of sulfonamides is 1. The van der Waals surface area contributed by atoms with E-state index < -0.39 is 10.0 Å². The lowest BCUT2D eigenvalue weighted by molar-refractivity contribution is 0.102. The zero-order valence-electron chi connectivity index (χ0n) is 15.4. The lowest BCUT2D eigenvalue weighted by Crippen LogP contribution is -2.28. The zero-order chi connectivity index (χ0) is 20.1. The van der Waals surface area contributed by atoms with Crippen molar-refractivity contribution in [1.29, 1.82) is 0 Å². The second-order valence-electron chi connectivity index (χ2n) is 6.19. The van der Waals surface area contributed by atoms with Crippen LogP contribution >= 0.6 is 11.3 Å². The molecule has 0 unspecified atom stereocenters. The molecule has 146 valence electrons. The van der Waals surface area contributed by atoms with Gasteiger partial charge in [0.2, 0.25) is 9.47 Å². The van der Waals surface area contributed by atoms with Crippen molar-refractivity contribution in [1.82, 2.24) is 14.9 Å². The molecule has 1 amide bonds. The summed E-state index contributed by atoms with van der Waals surface area (Å²) in [5, 5.41) is 10.2. The van der Waals surface area contributed by atoms with Gasteiger partial charge >= 0.3 is 0 Å². The lowest BCUT2D eigenvalue weighted by Gasteiger charge is -2.16. The molecule has 0 saturated heterocycles. The maximum absolute atomic E-state index is 12.7. The highest BCUT2D eigenvalue weighted by Crippen LogP contribution is 2.24. The second-order valence-corrected chi connectivity index (χ2v) is 9.05. The van der Waals surface area contributed by atoms with Gasteiger partial charge < -0.3 is 0 Å². The standard InChI is InChI=1S/C19H20N4O3S2/c1-3-16(14-11-9-13(2)10-12-14)23-28(25,26)19-22-21-18(27-19)20-17(24)15-7-5-4-6-8-15/h4-12,16,23H,3H2,1-2H3,(H,20,21,24)/t16-/m1/s1. The van der Waals surface area contributed by atoms with Crippen molar-refractivity contribution in [2.75, 3.05) is 5.32 Å². The molecule has 3 aromatic rings. The Labute approximate surface area is 167 Å². The molecule has 1 heterocycles. The van der Waals surface area contributed by atoms with Crippen LogP contribution in [0.2, 0.25) is 0 Å². The van der Waals surface area contributed by atoms with Crippen molar-refractivity contribution >= 4 is 32.4 Å². The zero-order valence-corrected chi connectivity index (χ0v) is 17.0. The molecule has 0 fully saturated rings. The maximum Gasteiger partial charge on any atom is 0.270 e. The van der Waals surface area contributed by atoms with Crippen molar-refractivity contribution < 1.29 is 13.2 Å². The number of anilines is 1. The Kier molecular flexibility index (Phi) is 6.18. The quantitative estimate of drug-likeness (QED) is 0.574. The van der Waals surface area contributed by atoms with Gasteiger partial charge in [0.05, 0.1) is 0 Å². The molecule has 7 nitrogen and oxygen atoms in total. The van der Waals surface area contributed by atoms with E-state index in [1.165, 1.54) is 0 Å². The molecular formula is C19H20N4O3S2. The highest BCUT2D eigenvalue weighted by Gasteiger charge is 2.25. The molecule has 0 bridgehead atoms. The Balaban J connectivity index is 1.73. The minimum absolute atomic E-state index is 0.123. The van der Waals surface area contributed by atoms with Gasteiger partial charge in [0.25, 0.3) is 15.9 Å². The monoisotopic (exact) mass is 416 g/mol. The molecule has 28 heavy (non-hydrogen) atoms. The fraction of sp³-hybridized carbons (Fsp3) is 0.211. The van der Waals surface area contributed by atoms with Gasteiger partial charge in [-0.3, -0.25) is 10.1 Å². The molecule has 1 aromatic heterocycles. The summed E-state index contributed by atoms with van der Waals surface area (Å²) in [6, 6.07) is 15.9. The number of rotatable bonds is 7. The molecule has 1 atom stereocenters. The van der Waals surface area contributed by atoms with Crippen LogP contribution in [0.4, 0.5) is 5.13 Å². The van der Waals surface area contributed by atoms with Crippen LogP contribution in [0.3, 0.4) is 0 Å². The summed E-state index contributed by atoms with van der Waals surface area (Å²) >= 11 is 0.808. The number of carbonyl (C=O) groups is 1. The molecule has 0 saturated carbocycles. The molecule has 2 N–H and O–H groups in total. The van der Waals surface area contributed by atoms with Crippen LogP contribution in [0.15, 0.2) is 58.9 Å². The van der Waals surface area contributed by atoms with Crippen molar-refractivity contribution in [2.24, 2.45) is 0 Å². The predicted molar refractivity (Wildman–Crippen MR) is 109 cm³/mol. The summed E-state index contributed by atoms with van der Waals surface area (Å²) in [5.74, 6) is -0.375. The molecular weight excluding hydrogens is 396 g/mol. The van der Waals surface area contributed by atoms with Crippen molar-refractivity contribution in [3.05, 3.63) is 71.3 Å². The number of hydrogen-bond acceptors (Lipinski definition) is 6. The van der Waals surface area contributed by atoms with Gasteiger partial charge in [-0.1, -0.05) is 66.3 Å². The van der Waals surface area contributed by atoms with E-state index in [1.807, 2.05) is 38.1 Å². The third-order valence-corrected chi connectivity index (χ3v) is 6.76. The third-order valence-electron chi connectivity index (χ3n) is 4.08. The Hall–Kier alpha value is -2.62. The molecule has 0 aliphatic rings. The van der Waals surface area contributed by atoms with Gasteiger partial charge in [-0.2, -0.15) is 0 Å². The van der Waals surface area contributed by atoms with E-state index in [9.17, 15) is 13.2 Å². The van der Waals surface area contributed by atoms with E-state index >= 15 is 0 Å². The molecule has 2 aromatic carbocycles. The number of amides is 1. The van der Waals surface area contributed by atoms with Crippen LogP contribution in [-0.4, -0.2) is 24.5 Å². The third kappa shape index (κ3) is 4.80. The molecule has 0 aliphatic heterocycles. The van der Waals surface area contributed by atoms with Crippen LogP contribution in [0.1, 0.15) is 40.9 Å². The summed E-state index contributed by atoms with van der Waals surface area (Å²) < 4.78 is 27.9. The first-order valence-corrected chi connectivity index (χ1v) is 11.0. The average molecular weight is 417 g/mol. The minimum Gasteiger partial charge on any atom is -0.296 e. The fourth-order valence-corrected chi connectivity index (χ4v) is 4.77. The Bertz CT molecular complexity index is 1050. The van der Waals surface area contributed by atoms with Gasteiger partial charge in [0.15, 0.2) is 0 Å². The molecule has 9 heteroatoms. The van der Waals surface area contributed by atoms with Crippen LogP contribution in [0.25, 0.3) is 0 Å². The average Bonchev–Trinajstić information content (AvgIpc) is 3.17. The SMILES string of the molecule is CC[C@@H](NS(=O)(=O)c1nnc(NC(=O)c2ccccc2)s1)c1ccc(C)cc1. The highest BCUT2D eigenvalue weighted by atomic mass is 32.2. The molecule has 0 radical (unpaired) electrons. The van der Waals surface area contributed by atoms with Crippen LogP contribution in [0.5, 0.6) is 0 Å². The number of hydrogen-bond donors (Lipinski definition) is 2. The predicted octanol–water partition coefficient (Wildman–Crippen LogP) is 3.53. The Morgan fingerprint density at radius 3 is 2.39 bits per heavy atom.